The molecule has 13 heteroatoms. The highest BCUT2D eigenvalue weighted by Gasteiger charge is 2.37. The molecule has 0 radical (unpaired) electrons. The normalized spacial score (nSPS) is 12.9. The number of nitrogens with one attached hydrogen (secondary N) is 1. The van der Waals surface area contributed by atoms with Crippen LogP contribution in [0.15, 0.2) is 71.6 Å². The fourth-order valence-electron chi connectivity index (χ4n) is 4.10. The van der Waals surface area contributed by atoms with Gasteiger partial charge in [0.25, 0.3) is 10.0 Å². The molecule has 0 spiro atoms. The van der Waals surface area contributed by atoms with Gasteiger partial charge in [-0.25, -0.2) is 12.8 Å². The van der Waals surface area contributed by atoms with E-state index in [4.69, 9.17) is 11.6 Å². The number of sulfonamides is 1. The Labute approximate surface area is 253 Å². The first-order valence-electron chi connectivity index (χ1n) is 13.1. The van der Waals surface area contributed by atoms with Crippen LogP contribution in [0.1, 0.15) is 44.4 Å². The van der Waals surface area contributed by atoms with Crippen molar-refractivity contribution in [2.75, 3.05) is 10.8 Å². The summed E-state index contributed by atoms with van der Waals surface area (Å²) in [5, 5.41) is 2.11. The number of amides is 2. The van der Waals surface area contributed by atoms with Gasteiger partial charge in [-0.1, -0.05) is 41.4 Å². The molecule has 0 aliphatic heterocycles. The predicted octanol–water partition coefficient (Wildman–Crippen LogP) is 6.33. The highest BCUT2D eigenvalue weighted by molar-refractivity contribution is 7.92. The molecule has 0 saturated carbocycles. The monoisotopic (exact) mass is 641 g/mol. The minimum absolute atomic E-state index is 0.218. The molecule has 3 aromatic rings. The summed E-state index contributed by atoms with van der Waals surface area (Å²) in [6, 6.07) is 12.1. The van der Waals surface area contributed by atoms with Gasteiger partial charge in [-0.05, 0) is 82.6 Å². The standard InChI is InChI=1S/C30H32ClF4N3O4S/c1-19-6-13-24(14-7-19)43(41,42)38(23-12-15-26(31)25(16-23)30(33,34)35)18-27(39)37(17-21-8-10-22(32)11-9-21)20(2)28(40)36-29(3,4)5/h6-16,20H,17-18H2,1-5H3,(H,36,40). The number of rotatable bonds is 9. The van der Waals surface area contributed by atoms with Gasteiger partial charge in [0, 0.05) is 12.1 Å². The van der Waals surface area contributed by atoms with E-state index in [0.717, 1.165) is 22.6 Å². The molecule has 2 amide bonds. The number of carbonyl (C=O) groups is 2. The lowest BCUT2D eigenvalue weighted by molar-refractivity contribution is -0.140. The Hall–Kier alpha value is -3.64. The summed E-state index contributed by atoms with van der Waals surface area (Å²) < 4.78 is 83.1. The van der Waals surface area contributed by atoms with Gasteiger partial charge in [-0.2, -0.15) is 13.2 Å². The first-order valence-corrected chi connectivity index (χ1v) is 14.9. The molecular weight excluding hydrogens is 610 g/mol. The van der Waals surface area contributed by atoms with Crippen LogP contribution in [0.25, 0.3) is 0 Å². The average Bonchev–Trinajstić information content (AvgIpc) is 2.90. The topological polar surface area (TPSA) is 86.8 Å². The zero-order chi connectivity index (χ0) is 32.3. The van der Waals surface area contributed by atoms with Gasteiger partial charge in [0.2, 0.25) is 11.8 Å². The Morgan fingerprint density at radius 2 is 1.53 bits per heavy atom. The van der Waals surface area contributed by atoms with Gasteiger partial charge in [0.1, 0.15) is 18.4 Å². The van der Waals surface area contributed by atoms with Crippen molar-refractivity contribution in [3.63, 3.8) is 0 Å². The molecule has 0 aliphatic carbocycles. The second-order valence-electron chi connectivity index (χ2n) is 11.0. The number of alkyl halides is 3. The van der Waals surface area contributed by atoms with Crippen LogP contribution >= 0.6 is 11.6 Å². The van der Waals surface area contributed by atoms with E-state index in [9.17, 15) is 35.6 Å². The van der Waals surface area contributed by atoms with Crippen LogP contribution in [0, 0.1) is 12.7 Å². The Morgan fingerprint density at radius 3 is 2.07 bits per heavy atom. The lowest BCUT2D eigenvalue weighted by atomic mass is 10.1. The van der Waals surface area contributed by atoms with Crippen LogP contribution in [0.2, 0.25) is 5.02 Å². The van der Waals surface area contributed by atoms with Crippen molar-refractivity contribution in [2.45, 2.75) is 63.8 Å². The molecule has 1 atom stereocenters. The van der Waals surface area contributed by atoms with E-state index in [1.165, 1.54) is 55.5 Å². The summed E-state index contributed by atoms with van der Waals surface area (Å²) in [5.74, 6) is -1.97. The van der Waals surface area contributed by atoms with Crippen molar-refractivity contribution in [2.24, 2.45) is 0 Å². The maximum absolute atomic E-state index is 13.9. The van der Waals surface area contributed by atoms with E-state index in [1.54, 1.807) is 27.7 Å². The van der Waals surface area contributed by atoms with Gasteiger partial charge in [-0.15, -0.1) is 0 Å². The maximum atomic E-state index is 13.9. The van der Waals surface area contributed by atoms with Crippen molar-refractivity contribution in [1.29, 1.82) is 0 Å². The molecule has 0 aromatic heterocycles. The third-order valence-corrected chi connectivity index (χ3v) is 8.48. The third kappa shape index (κ3) is 8.70. The second-order valence-corrected chi connectivity index (χ2v) is 13.3. The summed E-state index contributed by atoms with van der Waals surface area (Å²) in [5.41, 5.74) is -1.25. The van der Waals surface area contributed by atoms with Gasteiger partial charge in [0.15, 0.2) is 0 Å². The molecule has 0 aliphatic rings. The lowest BCUT2D eigenvalue weighted by Crippen LogP contribution is -2.54. The molecule has 3 rings (SSSR count). The van der Waals surface area contributed by atoms with Gasteiger partial charge in [-0.3, -0.25) is 13.9 Å². The Morgan fingerprint density at radius 1 is 0.953 bits per heavy atom. The minimum atomic E-state index is -4.91. The zero-order valence-corrected chi connectivity index (χ0v) is 25.7. The first-order chi connectivity index (χ1) is 19.8. The van der Waals surface area contributed by atoms with Crippen LogP contribution in [-0.4, -0.2) is 43.3 Å². The van der Waals surface area contributed by atoms with Crippen LogP contribution in [0.3, 0.4) is 0 Å². The van der Waals surface area contributed by atoms with Gasteiger partial charge < -0.3 is 10.2 Å². The van der Waals surface area contributed by atoms with Crippen LogP contribution in [0.5, 0.6) is 0 Å². The van der Waals surface area contributed by atoms with Crippen LogP contribution in [0.4, 0.5) is 23.2 Å². The number of benzene rings is 3. The number of carbonyl (C=O) groups excluding carboxylic acids is 2. The quantitative estimate of drug-likeness (QED) is 0.277. The fourth-order valence-corrected chi connectivity index (χ4v) is 5.73. The number of nitrogens with zero attached hydrogens (tertiary/aromatic N) is 2. The molecule has 0 fully saturated rings. The third-order valence-electron chi connectivity index (χ3n) is 6.36. The highest BCUT2D eigenvalue weighted by atomic mass is 35.5. The number of anilines is 1. The van der Waals surface area contributed by atoms with E-state index in [2.05, 4.69) is 5.32 Å². The van der Waals surface area contributed by atoms with Crippen molar-refractivity contribution in [3.8, 4) is 0 Å². The highest BCUT2D eigenvalue weighted by Crippen LogP contribution is 2.38. The van der Waals surface area contributed by atoms with Crippen molar-refractivity contribution < 1.29 is 35.6 Å². The number of hydrogen-bond donors (Lipinski definition) is 1. The van der Waals surface area contributed by atoms with Gasteiger partial charge in [0.05, 0.1) is 21.2 Å². The summed E-state index contributed by atoms with van der Waals surface area (Å²) in [7, 11) is -4.60. The molecule has 7 nitrogen and oxygen atoms in total. The molecule has 1 N–H and O–H groups in total. The SMILES string of the molecule is Cc1ccc(S(=O)(=O)N(CC(=O)N(Cc2ccc(F)cc2)C(C)C(=O)NC(C)(C)C)c2ccc(Cl)c(C(F)(F)F)c2)cc1. The Kier molecular flexibility index (Phi) is 10.2. The molecule has 3 aromatic carbocycles. The van der Waals surface area contributed by atoms with E-state index in [1.807, 2.05) is 0 Å². The summed E-state index contributed by atoms with van der Waals surface area (Å²) in [4.78, 5) is 27.8. The molecular formula is C30H32ClF4N3O4S. The van der Waals surface area contributed by atoms with E-state index in [-0.39, 0.29) is 11.4 Å². The molecule has 232 valence electrons. The van der Waals surface area contributed by atoms with Crippen molar-refractivity contribution in [3.05, 3.63) is 94.3 Å². The largest absolute Gasteiger partial charge is 0.417 e. The smallest absolute Gasteiger partial charge is 0.350 e. The predicted molar refractivity (Wildman–Crippen MR) is 156 cm³/mol. The Bertz CT molecular complexity index is 1570. The minimum Gasteiger partial charge on any atom is -0.350 e. The molecule has 43 heavy (non-hydrogen) atoms. The fraction of sp³-hybridized carbons (Fsp3) is 0.333. The number of hydrogen-bond acceptors (Lipinski definition) is 4. The molecule has 0 heterocycles. The Balaban J connectivity index is 2.13. The number of halogens is 5. The summed E-state index contributed by atoms with van der Waals surface area (Å²) in [6.07, 6.45) is -4.91. The second kappa shape index (κ2) is 12.9. The maximum Gasteiger partial charge on any atom is 0.417 e. The van der Waals surface area contributed by atoms with Crippen molar-refractivity contribution >= 4 is 39.1 Å². The zero-order valence-electron chi connectivity index (χ0n) is 24.2. The van der Waals surface area contributed by atoms with E-state index < -0.39 is 68.2 Å². The van der Waals surface area contributed by atoms with E-state index in [0.29, 0.717) is 15.9 Å². The molecule has 1 unspecified atom stereocenters. The van der Waals surface area contributed by atoms with Crippen molar-refractivity contribution in [1.82, 2.24) is 10.2 Å². The lowest BCUT2D eigenvalue weighted by Gasteiger charge is -2.33. The van der Waals surface area contributed by atoms with Crippen LogP contribution < -0.4 is 9.62 Å². The van der Waals surface area contributed by atoms with E-state index >= 15 is 0 Å². The average molecular weight is 642 g/mol. The van der Waals surface area contributed by atoms with Gasteiger partial charge >= 0.3 is 6.18 Å². The van der Waals surface area contributed by atoms with Crippen LogP contribution in [-0.2, 0) is 32.3 Å². The summed E-state index contributed by atoms with van der Waals surface area (Å²) in [6.45, 7) is 7.19. The summed E-state index contributed by atoms with van der Waals surface area (Å²) >= 11 is 5.79. The molecule has 0 saturated heterocycles. The number of aryl methyl sites for hydroxylation is 1. The molecule has 0 bridgehead atoms. The first kappa shape index (κ1) is 33.9.